The van der Waals surface area contributed by atoms with E-state index in [2.05, 4.69) is 0 Å². The number of carbonyl (C=O) groups is 3. The van der Waals surface area contributed by atoms with Gasteiger partial charge in [0.05, 0.1) is 29.6 Å². The monoisotopic (exact) mass is 370 g/mol. The van der Waals surface area contributed by atoms with Crippen molar-refractivity contribution in [3.8, 4) is 0 Å². The van der Waals surface area contributed by atoms with Gasteiger partial charge in [-0.1, -0.05) is 12.1 Å². The van der Waals surface area contributed by atoms with E-state index in [1.807, 2.05) is 0 Å². The number of carboxylic acid groups (broad SMARTS) is 1. The van der Waals surface area contributed by atoms with Crippen molar-refractivity contribution in [1.82, 2.24) is 4.90 Å². The number of likely N-dealkylation sites (tertiary alicyclic amines) is 1. The molecule has 26 heavy (non-hydrogen) atoms. The molecule has 0 spiro atoms. The average molecular weight is 370 g/mol. The molecular weight excluding hydrogens is 353 g/mol. The molecule has 0 radical (unpaired) electrons. The number of hydrogen-bond acceptors (Lipinski definition) is 4. The van der Waals surface area contributed by atoms with Crippen LogP contribution in [0.25, 0.3) is 0 Å². The van der Waals surface area contributed by atoms with E-state index >= 15 is 0 Å². The van der Waals surface area contributed by atoms with Gasteiger partial charge in [0.15, 0.2) is 0 Å². The van der Waals surface area contributed by atoms with Crippen molar-refractivity contribution in [2.45, 2.75) is 31.5 Å². The SMILES string of the molecule is O=C(O)C1CCN(C2CC(=O)N(c3ccccc3C(F)(F)F)C2=O)CC1. The van der Waals surface area contributed by atoms with E-state index in [1.165, 1.54) is 12.1 Å². The maximum Gasteiger partial charge on any atom is 0.418 e. The number of rotatable bonds is 3. The van der Waals surface area contributed by atoms with Gasteiger partial charge in [0.2, 0.25) is 5.91 Å². The molecule has 2 fully saturated rings. The molecule has 3 rings (SSSR count). The highest BCUT2D eigenvalue weighted by Gasteiger charge is 2.46. The largest absolute Gasteiger partial charge is 0.481 e. The van der Waals surface area contributed by atoms with Crippen LogP contribution >= 0.6 is 0 Å². The number of para-hydroxylation sites is 1. The first-order valence-electron chi connectivity index (χ1n) is 8.20. The molecule has 0 aliphatic carbocycles. The second-order valence-electron chi connectivity index (χ2n) is 6.45. The van der Waals surface area contributed by atoms with Crippen LogP contribution in [0.4, 0.5) is 18.9 Å². The van der Waals surface area contributed by atoms with Crippen LogP contribution in [-0.2, 0) is 20.6 Å². The zero-order valence-corrected chi connectivity index (χ0v) is 13.7. The van der Waals surface area contributed by atoms with Crippen LogP contribution in [0.1, 0.15) is 24.8 Å². The van der Waals surface area contributed by atoms with E-state index in [4.69, 9.17) is 5.11 Å². The quantitative estimate of drug-likeness (QED) is 0.825. The van der Waals surface area contributed by atoms with Gasteiger partial charge in [-0.05, 0) is 38.1 Å². The second-order valence-corrected chi connectivity index (χ2v) is 6.45. The highest BCUT2D eigenvalue weighted by molar-refractivity contribution is 6.22. The molecule has 0 bridgehead atoms. The molecule has 0 saturated carbocycles. The Balaban J connectivity index is 1.82. The predicted molar refractivity (Wildman–Crippen MR) is 84.3 cm³/mol. The van der Waals surface area contributed by atoms with Crippen molar-refractivity contribution in [3.63, 3.8) is 0 Å². The van der Waals surface area contributed by atoms with Crippen molar-refractivity contribution in [2.75, 3.05) is 18.0 Å². The minimum absolute atomic E-state index is 0.206. The first kappa shape index (κ1) is 18.4. The Morgan fingerprint density at radius 2 is 1.73 bits per heavy atom. The lowest BCUT2D eigenvalue weighted by molar-refractivity contribution is -0.143. The maximum absolute atomic E-state index is 13.2. The van der Waals surface area contributed by atoms with Gasteiger partial charge in [0, 0.05) is 0 Å². The summed E-state index contributed by atoms with van der Waals surface area (Å²) in [5.74, 6) is -2.78. The summed E-state index contributed by atoms with van der Waals surface area (Å²) in [5.41, 5.74) is -1.50. The highest BCUT2D eigenvalue weighted by atomic mass is 19.4. The van der Waals surface area contributed by atoms with Crippen LogP contribution in [0.2, 0.25) is 0 Å². The molecule has 9 heteroatoms. The smallest absolute Gasteiger partial charge is 0.418 e. The second kappa shape index (κ2) is 6.71. The molecule has 1 aromatic rings. The Bertz CT molecular complexity index is 742. The lowest BCUT2D eigenvalue weighted by atomic mass is 9.95. The summed E-state index contributed by atoms with van der Waals surface area (Å²) < 4.78 is 39.6. The molecule has 1 atom stereocenters. The lowest BCUT2D eigenvalue weighted by Gasteiger charge is -2.33. The van der Waals surface area contributed by atoms with Gasteiger partial charge in [0.25, 0.3) is 5.91 Å². The fraction of sp³-hybridized carbons (Fsp3) is 0.471. The number of alkyl halides is 3. The minimum atomic E-state index is -4.69. The van der Waals surface area contributed by atoms with Gasteiger partial charge < -0.3 is 5.11 Å². The Kier molecular flexibility index (Phi) is 4.74. The molecule has 2 saturated heterocycles. The molecule has 1 unspecified atom stereocenters. The van der Waals surface area contributed by atoms with Gasteiger partial charge in [-0.3, -0.25) is 19.3 Å². The van der Waals surface area contributed by atoms with Crippen LogP contribution in [0.5, 0.6) is 0 Å². The van der Waals surface area contributed by atoms with Crippen LogP contribution < -0.4 is 4.90 Å². The van der Waals surface area contributed by atoms with E-state index in [0.717, 1.165) is 12.1 Å². The first-order valence-corrected chi connectivity index (χ1v) is 8.20. The summed E-state index contributed by atoms with van der Waals surface area (Å²) in [5, 5.41) is 9.03. The van der Waals surface area contributed by atoms with Crippen LogP contribution in [-0.4, -0.2) is 46.9 Å². The number of nitrogens with zero attached hydrogens (tertiary/aromatic N) is 2. The number of carboxylic acids is 1. The number of benzene rings is 1. The molecule has 2 heterocycles. The van der Waals surface area contributed by atoms with E-state index in [9.17, 15) is 27.6 Å². The number of halogens is 3. The molecular formula is C17H17F3N2O4. The maximum atomic E-state index is 13.2. The van der Waals surface area contributed by atoms with Crippen molar-refractivity contribution < 1.29 is 32.7 Å². The number of anilines is 1. The number of hydrogen-bond donors (Lipinski definition) is 1. The fourth-order valence-electron chi connectivity index (χ4n) is 3.52. The number of imide groups is 1. The van der Waals surface area contributed by atoms with Crippen LogP contribution in [0, 0.1) is 5.92 Å². The van der Waals surface area contributed by atoms with Crippen LogP contribution in [0.15, 0.2) is 24.3 Å². The van der Waals surface area contributed by atoms with E-state index in [0.29, 0.717) is 30.8 Å². The molecule has 2 aliphatic heterocycles. The first-order chi connectivity index (χ1) is 12.2. The standard InChI is InChI=1S/C17H17F3N2O4/c18-17(19,20)11-3-1-2-4-12(11)22-14(23)9-13(15(22)24)21-7-5-10(6-8-21)16(25)26/h1-4,10,13H,5-9H2,(H,25,26). The van der Waals surface area contributed by atoms with Gasteiger partial charge in [-0.25, -0.2) is 4.90 Å². The highest BCUT2D eigenvalue weighted by Crippen LogP contribution is 2.39. The summed E-state index contributed by atoms with van der Waals surface area (Å²) in [7, 11) is 0. The topological polar surface area (TPSA) is 77.9 Å². The molecule has 0 aromatic heterocycles. The predicted octanol–water partition coefficient (Wildman–Crippen LogP) is 2.13. The summed E-state index contributed by atoms with van der Waals surface area (Å²) in [6.07, 6.45) is -4.21. The zero-order chi connectivity index (χ0) is 19.1. The Labute approximate surface area is 147 Å². The average Bonchev–Trinajstić information content (AvgIpc) is 2.88. The van der Waals surface area contributed by atoms with Crippen molar-refractivity contribution in [1.29, 1.82) is 0 Å². The fourth-order valence-corrected chi connectivity index (χ4v) is 3.52. The van der Waals surface area contributed by atoms with Crippen molar-refractivity contribution >= 4 is 23.5 Å². The van der Waals surface area contributed by atoms with Gasteiger partial charge in [-0.2, -0.15) is 13.2 Å². The number of aliphatic carboxylic acids is 1. The van der Waals surface area contributed by atoms with Crippen LogP contribution in [0.3, 0.4) is 0 Å². The van der Waals surface area contributed by atoms with Gasteiger partial charge >= 0.3 is 12.1 Å². The normalized spacial score (nSPS) is 22.9. The lowest BCUT2D eigenvalue weighted by Crippen LogP contribution is -2.47. The molecule has 1 N–H and O–H groups in total. The van der Waals surface area contributed by atoms with E-state index < -0.39 is 47.2 Å². The summed E-state index contributed by atoms with van der Waals surface area (Å²) >= 11 is 0. The van der Waals surface area contributed by atoms with Crippen molar-refractivity contribution in [2.24, 2.45) is 5.92 Å². The Morgan fingerprint density at radius 3 is 2.31 bits per heavy atom. The molecule has 2 amide bonds. The molecule has 1 aromatic carbocycles. The molecule has 2 aliphatic rings. The number of amides is 2. The van der Waals surface area contributed by atoms with Gasteiger partial charge in [0.1, 0.15) is 0 Å². The van der Waals surface area contributed by atoms with Gasteiger partial charge in [-0.15, -0.1) is 0 Å². The number of carbonyl (C=O) groups excluding carboxylic acids is 2. The minimum Gasteiger partial charge on any atom is -0.481 e. The van der Waals surface area contributed by atoms with E-state index in [1.54, 1.807) is 4.90 Å². The third kappa shape index (κ3) is 3.31. The Hall–Kier alpha value is -2.42. The zero-order valence-electron chi connectivity index (χ0n) is 13.7. The third-order valence-corrected chi connectivity index (χ3v) is 4.89. The summed E-state index contributed by atoms with van der Waals surface area (Å²) in [6.45, 7) is 0.630. The third-order valence-electron chi connectivity index (χ3n) is 4.89. The van der Waals surface area contributed by atoms with E-state index in [-0.39, 0.29) is 6.42 Å². The van der Waals surface area contributed by atoms with Crippen molar-refractivity contribution in [3.05, 3.63) is 29.8 Å². The Morgan fingerprint density at radius 1 is 1.12 bits per heavy atom. The summed E-state index contributed by atoms with van der Waals surface area (Å²) in [6, 6.07) is 3.64. The summed E-state index contributed by atoms with van der Waals surface area (Å²) in [4.78, 5) is 38.3. The molecule has 6 nitrogen and oxygen atoms in total. The number of piperidine rings is 1. The molecule has 140 valence electrons.